The van der Waals surface area contributed by atoms with Crippen molar-refractivity contribution in [2.75, 3.05) is 25.5 Å². The van der Waals surface area contributed by atoms with Crippen LogP contribution in [0.3, 0.4) is 0 Å². The van der Waals surface area contributed by atoms with Gasteiger partial charge in [0.15, 0.2) is 0 Å². The van der Waals surface area contributed by atoms with Crippen LogP contribution in [-0.2, 0) is 14.4 Å². The van der Waals surface area contributed by atoms with Crippen LogP contribution in [0, 0.1) is 0 Å². The number of hydrogen-bond acceptors (Lipinski definition) is 6. The summed E-state index contributed by atoms with van der Waals surface area (Å²) in [6, 6.07) is 6.62. The van der Waals surface area contributed by atoms with E-state index in [2.05, 4.69) is 5.32 Å². The van der Waals surface area contributed by atoms with Gasteiger partial charge in [0.2, 0.25) is 5.91 Å². The molecule has 1 atom stereocenters. The van der Waals surface area contributed by atoms with Crippen LogP contribution in [0.4, 0.5) is 5.69 Å². The van der Waals surface area contributed by atoms with Crippen LogP contribution in [0.5, 0.6) is 0 Å². The molecule has 1 fully saturated rings. The summed E-state index contributed by atoms with van der Waals surface area (Å²) in [5.74, 6) is -2.09. The highest BCUT2D eigenvalue weighted by atomic mass is 32.2. The largest absolute Gasteiger partial charge is 0.480 e. The predicted molar refractivity (Wildman–Crippen MR) is 106 cm³/mol. The Hall–Kier alpha value is -2.39. The molecule has 138 valence electrons. The van der Waals surface area contributed by atoms with Crippen molar-refractivity contribution in [2.45, 2.75) is 13.0 Å². The van der Waals surface area contributed by atoms with E-state index in [1.807, 2.05) is 43.3 Å². The maximum Gasteiger partial charge on any atom is 0.325 e. The summed E-state index contributed by atoms with van der Waals surface area (Å²) < 4.78 is 0.268. The van der Waals surface area contributed by atoms with Gasteiger partial charge in [0.25, 0.3) is 5.91 Å². The monoisotopic (exact) mass is 393 g/mol. The zero-order valence-corrected chi connectivity index (χ0v) is 16.2. The van der Waals surface area contributed by atoms with Gasteiger partial charge < -0.3 is 15.3 Å². The van der Waals surface area contributed by atoms with Crippen molar-refractivity contribution in [1.29, 1.82) is 0 Å². The van der Waals surface area contributed by atoms with Gasteiger partial charge in [-0.2, -0.15) is 0 Å². The maximum absolute atomic E-state index is 12.5. The minimum absolute atomic E-state index is 0.268. The summed E-state index contributed by atoms with van der Waals surface area (Å²) in [5.41, 5.74) is 1.89. The van der Waals surface area contributed by atoms with Crippen molar-refractivity contribution in [3.63, 3.8) is 0 Å². The van der Waals surface area contributed by atoms with Gasteiger partial charge in [0.05, 0.1) is 4.91 Å². The van der Waals surface area contributed by atoms with Crippen LogP contribution in [-0.4, -0.2) is 58.8 Å². The number of hydrogen-bond donors (Lipinski definition) is 2. The summed E-state index contributed by atoms with van der Waals surface area (Å²) in [6.07, 6.45) is 1.72. The molecule has 0 bridgehead atoms. The number of anilines is 1. The molecular weight excluding hydrogens is 374 g/mol. The number of carbonyl (C=O) groups is 3. The lowest BCUT2D eigenvalue weighted by Gasteiger charge is -2.15. The first kappa shape index (κ1) is 19.9. The fourth-order valence-electron chi connectivity index (χ4n) is 2.15. The second-order valence-electron chi connectivity index (χ2n) is 5.88. The van der Waals surface area contributed by atoms with Crippen molar-refractivity contribution < 1.29 is 19.5 Å². The van der Waals surface area contributed by atoms with Crippen LogP contribution >= 0.6 is 24.0 Å². The molecule has 2 amide bonds. The molecule has 1 saturated heterocycles. The van der Waals surface area contributed by atoms with E-state index in [1.165, 1.54) is 11.8 Å². The first-order valence-corrected chi connectivity index (χ1v) is 8.96. The van der Waals surface area contributed by atoms with Gasteiger partial charge in [0.1, 0.15) is 16.9 Å². The molecule has 0 aliphatic carbocycles. The fourth-order valence-corrected chi connectivity index (χ4v) is 3.40. The molecule has 0 unspecified atom stereocenters. The van der Waals surface area contributed by atoms with Crippen LogP contribution in [0.2, 0.25) is 0 Å². The van der Waals surface area contributed by atoms with Crippen molar-refractivity contribution in [3.8, 4) is 0 Å². The number of amides is 2. The van der Waals surface area contributed by atoms with E-state index >= 15 is 0 Å². The lowest BCUT2D eigenvalue weighted by Crippen LogP contribution is -2.45. The number of thioether (sulfide) groups is 1. The number of carbonyl (C=O) groups excluding carboxylic acids is 2. The number of carboxylic acids is 1. The average Bonchev–Trinajstić information content (AvgIpc) is 2.82. The van der Waals surface area contributed by atoms with E-state index in [1.54, 1.807) is 6.08 Å². The molecule has 2 rings (SSSR count). The van der Waals surface area contributed by atoms with E-state index in [0.717, 1.165) is 23.0 Å². The molecular formula is C17H19N3O4S2. The molecule has 1 heterocycles. The Morgan fingerprint density at radius 1 is 1.35 bits per heavy atom. The van der Waals surface area contributed by atoms with Gasteiger partial charge in [-0.05, 0) is 30.7 Å². The molecule has 0 spiro atoms. The van der Waals surface area contributed by atoms with Gasteiger partial charge in [-0.1, -0.05) is 36.1 Å². The lowest BCUT2D eigenvalue weighted by molar-refractivity contribution is -0.141. The number of nitrogens with one attached hydrogen (secondary N) is 1. The topological polar surface area (TPSA) is 90.0 Å². The minimum atomic E-state index is -1.15. The van der Waals surface area contributed by atoms with Gasteiger partial charge in [-0.3, -0.25) is 19.3 Å². The first-order valence-electron chi connectivity index (χ1n) is 7.74. The molecule has 1 aliphatic rings. The van der Waals surface area contributed by atoms with Crippen LogP contribution < -0.4 is 10.2 Å². The molecule has 9 heteroatoms. The zero-order chi connectivity index (χ0) is 19.4. The Balaban J connectivity index is 2.08. The van der Waals surface area contributed by atoms with Gasteiger partial charge in [0, 0.05) is 19.8 Å². The molecule has 7 nitrogen and oxygen atoms in total. The Morgan fingerprint density at radius 2 is 1.96 bits per heavy atom. The molecule has 1 aromatic carbocycles. The van der Waals surface area contributed by atoms with Crippen LogP contribution in [0.15, 0.2) is 29.2 Å². The smallest absolute Gasteiger partial charge is 0.325 e. The number of aliphatic carboxylic acids is 1. The number of rotatable bonds is 6. The Bertz CT molecular complexity index is 775. The molecule has 0 radical (unpaired) electrons. The predicted octanol–water partition coefficient (Wildman–Crippen LogP) is 1.54. The van der Waals surface area contributed by atoms with E-state index in [-0.39, 0.29) is 16.8 Å². The quantitative estimate of drug-likeness (QED) is 0.560. The molecule has 0 aromatic heterocycles. The summed E-state index contributed by atoms with van der Waals surface area (Å²) in [5, 5.41) is 11.1. The van der Waals surface area contributed by atoms with Crippen LogP contribution in [0.25, 0.3) is 6.08 Å². The summed E-state index contributed by atoms with van der Waals surface area (Å²) >= 11 is 6.29. The number of benzene rings is 1. The molecule has 1 aromatic rings. The SMILES string of the molecule is C[C@H](NC(=O)CN1C(=O)/C(=C/c2ccc(N(C)C)cc2)SC1=S)C(=O)O. The minimum Gasteiger partial charge on any atom is -0.480 e. The lowest BCUT2D eigenvalue weighted by atomic mass is 10.2. The average molecular weight is 393 g/mol. The number of thiocarbonyl (C=S) groups is 1. The zero-order valence-electron chi connectivity index (χ0n) is 14.6. The van der Waals surface area contributed by atoms with E-state index in [9.17, 15) is 14.4 Å². The fraction of sp³-hybridized carbons (Fsp3) is 0.294. The van der Waals surface area contributed by atoms with Crippen LogP contribution in [0.1, 0.15) is 12.5 Å². The van der Waals surface area contributed by atoms with Gasteiger partial charge in [-0.15, -0.1) is 0 Å². The molecule has 26 heavy (non-hydrogen) atoms. The third-order valence-electron chi connectivity index (χ3n) is 3.63. The maximum atomic E-state index is 12.5. The third kappa shape index (κ3) is 4.83. The van der Waals surface area contributed by atoms with Crippen molar-refractivity contribution in [3.05, 3.63) is 34.7 Å². The Morgan fingerprint density at radius 3 is 2.50 bits per heavy atom. The van der Waals surface area contributed by atoms with Gasteiger partial charge >= 0.3 is 5.97 Å². The van der Waals surface area contributed by atoms with E-state index in [4.69, 9.17) is 17.3 Å². The number of carboxylic acid groups (broad SMARTS) is 1. The van der Waals surface area contributed by atoms with Gasteiger partial charge in [-0.25, -0.2) is 0 Å². The second kappa shape index (κ2) is 8.33. The Labute approximate surface area is 161 Å². The van der Waals surface area contributed by atoms with E-state index in [0.29, 0.717) is 4.91 Å². The second-order valence-corrected chi connectivity index (χ2v) is 7.56. The highest BCUT2D eigenvalue weighted by Gasteiger charge is 2.33. The standard InChI is InChI=1S/C17H19N3O4S2/c1-10(16(23)24)18-14(21)9-20-15(22)13(26-17(20)25)8-11-4-6-12(7-5-11)19(2)3/h4-8,10H,9H2,1-3H3,(H,18,21)(H,23,24)/b13-8-/t10-/m0/s1. The summed E-state index contributed by atoms with van der Waals surface area (Å²) in [4.78, 5) is 38.8. The molecule has 1 aliphatic heterocycles. The van der Waals surface area contributed by atoms with Crippen molar-refractivity contribution in [2.24, 2.45) is 0 Å². The highest BCUT2D eigenvalue weighted by Crippen LogP contribution is 2.32. The highest BCUT2D eigenvalue weighted by molar-refractivity contribution is 8.26. The summed E-state index contributed by atoms with van der Waals surface area (Å²) in [6.45, 7) is 1.04. The summed E-state index contributed by atoms with van der Waals surface area (Å²) in [7, 11) is 3.88. The Kier molecular flexibility index (Phi) is 6.38. The number of nitrogens with zero attached hydrogens (tertiary/aromatic N) is 2. The molecule has 2 N–H and O–H groups in total. The third-order valence-corrected chi connectivity index (χ3v) is 5.01. The van der Waals surface area contributed by atoms with E-state index < -0.39 is 17.9 Å². The van der Waals surface area contributed by atoms with Crippen molar-refractivity contribution >= 4 is 57.8 Å². The normalized spacial score (nSPS) is 16.7. The first-order chi connectivity index (χ1) is 12.2. The van der Waals surface area contributed by atoms with Crippen molar-refractivity contribution in [1.82, 2.24) is 10.2 Å². The molecule has 0 saturated carbocycles.